The topological polar surface area (TPSA) is 72.6 Å². The molecule has 0 radical (unpaired) electrons. The van der Waals surface area contributed by atoms with Gasteiger partial charge in [-0.2, -0.15) is 11.8 Å². The zero-order valence-corrected chi connectivity index (χ0v) is 12.2. The van der Waals surface area contributed by atoms with E-state index in [0.29, 0.717) is 30.2 Å². The maximum atomic E-state index is 12.5. The molecular formula is C14H18N2O3S. The molecule has 0 saturated carbocycles. The predicted molar refractivity (Wildman–Crippen MR) is 79.6 cm³/mol. The highest BCUT2D eigenvalue weighted by atomic mass is 32.2. The molecule has 0 aromatic heterocycles. The standard InChI is InChI=1S/C14H18N2O3S/c1-2-19-14(18)12-9-20-8-7-16(12)13(17)10-3-5-11(15)6-4-10/h3-6,12H,2,7-9,15H2,1H3. The third-order valence-corrected chi connectivity index (χ3v) is 4.13. The number of thioether (sulfide) groups is 1. The number of anilines is 1. The fourth-order valence-corrected chi connectivity index (χ4v) is 3.10. The lowest BCUT2D eigenvalue weighted by atomic mass is 10.1. The van der Waals surface area contributed by atoms with Gasteiger partial charge in [-0.3, -0.25) is 4.79 Å². The van der Waals surface area contributed by atoms with E-state index in [1.807, 2.05) is 0 Å². The van der Waals surface area contributed by atoms with Gasteiger partial charge in [0.15, 0.2) is 0 Å². The third-order valence-electron chi connectivity index (χ3n) is 3.11. The Bertz CT molecular complexity index is 490. The first-order chi connectivity index (χ1) is 9.63. The Balaban J connectivity index is 2.16. The smallest absolute Gasteiger partial charge is 0.329 e. The SMILES string of the molecule is CCOC(=O)C1CSCCN1C(=O)c1ccc(N)cc1. The normalized spacial score (nSPS) is 18.6. The number of esters is 1. The second kappa shape index (κ2) is 6.65. The molecule has 1 aliphatic heterocycles. The molecule has 0 aliphatic carbocycles. The van der Waals surface area contributed by atoms with Crippen LogP contribution < -0.4 is 5.73 Å². The fourth-order valence-electron chi connectivity index (χ4n) is 2.07. The van der Waals surface area contributed by atoms with Crippen LogP contribution in [0, 0.1) is 0 Å². The van der Waals surface area contributed by atoms with Crippen molar-refractivity contribution >= 4 is 29.3 Å². The van der Waals surface area contributed by atoms with E-state index < -0.39 is 6.04 Å². The number of hydrogen-bond donors (Lipinski definition) is 1. The molecule has 1 fully saturated rings. The number of hydrogen-bond acceptors (Lipinski definition) is 5. The number of ether oxygens (including phenoxy) is 1. The predicted octanol–water partition coefficient (Wildman–Crippen LogP) is 1.39. The number of nitrogen functional groups attached to an aromatic ring is 1. The lowest BCUT2D eigenvalue weighted by molar-refractivity contribution is -0.147. The van der Waals surface area contributed by atoms with Gasteiger partial charge < -0.3 is 15.4 Å². The summed E-state index contributed by atoms with van der Waals surface area (Å²) in [6.07, 6.45) is 0. The molecule has 1 aliphatic rings. The summed E-state index contributed by atoms with van der Waals surface area (Å²) in [4.78, 5) is 26.0. The Morgan fingerprint density at radius 2 is 2.10 bits per heavy atom. The van der Waals surface area contributed by atoms with Crippen LogP contribution in [0.25, 0.3) is 0 Å². The second-order valence-corrected chi connectivity index (χ2v) is 5.61. The van der Waals surface area contributed by atoms with Crippen molar-refractivity contribution in [1.29, 1.82) is 0 Å². The quantitative estimate of drug-likeness (QED) is 0.673. The highest BCUT2D eigenvalue weighted by molar-refractivity contribution is 7.99. The van der Waals surface area contributed by atoms with E-state index in [2.05, 4.69) is 0 Å². The van der Waals surface area contributed by atoms with Crippen LogP contribution in [0.1, 0.15) is 17.3 Å². The highest BCUT2D eigenvalue weighted by Gasteiger charge is 2.33. The summed E-state index contributed by atoms with van der Waals surface area (Å²) >= 11 is 1.66. The number of benzene rings is 1. The van der Waals surface area contributed by atoms with Crippen molar-refractivity contribution < 1.29 is 14.3 Å². The Morgan fingerprint density at radius 3 is 2.75 bits per heavy atom. The molecule has 5 nitrogen and oxygen atoms in total. The summed E-state index contributed by atoms with van der Waals surface area (Å²) in [5.41, 5.74) is 6.77. The van der Waals surface area contributed by atoms with Crippen molar-refractivity contribution in [3.8, 4) is 0 Å². The van der Waals surface area contributed by atoms with Crippen LogP contribution in [-0.4, -0.2) is 47.5 Å². The van der Waals surface area contributed by atoms with Crippen LogP contribution in [0.3, 0.4) is 0 Å². The maximum Gasteiger partial charge on any atom is 0.329 e. The minimum Gasteiger partial charge on any atom is -0.464 e. The van der Waals surface area contributed by atoms with E-state index in [-0.39, 0.29) is 11.9 Å². The number of carbonyl (C=O) groups is 2. The average Bonchev–Trinajstić information content (AvgIpc) is 2.47. The first kappa shape index (κ1) is 14.7. The fraction of sp³-hybridized carbons (Fsp3) is 0.429. The number of nitrogens with two attached hydrogens (primary N) is 1. The van der Waals surface area contributed by atoms with Crippen LogP contribution in [0.4, 0.5) is 5.69 Å². The molecule has 1 amide bonds. The monoisotopic (exact) mass is 294 g/mol. The number of nitrogens with zero attached hydrogens (tertiary/aromatic N) is 1. The number of rotatable bonds is 3. The summed E-state index contributed by atoms with van der Waals surface area (Å²) in [5, 5.41) is 0. The van der Waals surface area contributed by atoms with Gasteiger partial charge in [0.2, 0.25) is 0 Å². The van der Waals surface area contributed by atoms with Gasteiger partial charge >= 0.3 is 5.97 Å². The van der Waals surface area contributed by atoms with E-state index in [4.69, 9.17) is 10.5 Å². The minimum atomic E-state index is -0.501. The first-order valence-electron chi connectivity index (χ1n) is 6.54. The van der Waals surface area contributed by atoms with E-state index in [9.17, 15) is 9.59 Å². The van der Waals surface area contributed by atoms with Crippen LogP contribution in [-0.2, 0) is 9.53 Å². The molecule has 1 aromatic rings. The van der Waals surface area contributed by atoms with Gasteiger partial charge in [0.25, 0.3) is 5.91 Å². The lowest BCUT2D eigenvalue weighted by Crippen LogP contribution is -2.51. The lowest BCUT2D eigenvalue weighted by Gasteiger charge is -2.33. The zero-order chi connectivity index (χ0) is 14.5. The molecule has 0 bridgehead atoms. The zero-order valence-electron chi connectivity index (χ0n) is 11.4. The largest absolute Gasteiger partial charge is 0.464 e. The van der Waals surface area contributed by atoms with E-state index in [1.54, 1.807) is 47.9 Å². The molecule has 1 heterocycles. The Kier molecular flexibility index (Phi) is 4.89. The molecule has 6 heteroatoms. The van der Waals surface area contributed by atoms with Gasteiger partial charge in [0, 0.05) is 29.3 Å². The molecule has 2 rings (SSSR count). The van der Waals surface area contributed by atoms with Gasteiger partial charge in [-0.05, 0) is 31.2 Å². The van der Waals surface area contributed by atoms with Crippen molar-refractivity contribution in [2.75, 3.05) is 30.4 Å². The Morgan fingerprint density at radius 1 is 1.40 bits per heavy atom. The van der Waals surface area contributed by atoms with Crippen LogP contribution >= 0.6 is 11.8 Å². The summed E-state index contributed by atoms with van der Waals surface area (Å²) in [5.74, 6) is 0.933. The minimum absolute atomic E-state index is 0.150. The van der Waals surface area contributed by atoms with Gasteiger partial charge in [0.1, 0.15) is 6.04 Å². The van der Waals surface area contributed by atoms with Crippen molar-refractivity contribution in [3.63, 3.8) is 0 Å². The van der Waals surface area contributed by atoms with Crippen LogP contribution in [0.15, 0.2) is 24.3 Å². The van der Waals surface area contributed by atoms with Gasteiger partial charge in [0.05, 0.1) is 6.61 Å². The van der Waals surface area contributed by atoms with Gasteiger partial charge in [-0.25, -0.2) is 4.79 Å². The molecule has 108 valence electrons. The van der Waals surface area contributed by atoms with E-state index in [0.717, 1.165) is 5.75 Å². The molecule has 2 N–H and O–H groups in total. The average molecular weight is 294 g/mol. The summed E-state index contributed by atoms with van der Waals surface area (Å²) < 4.78 is 5.05. The van der Waals surface area contributed by atoms with Gasteiger partial charge in [-0.1, -0.05) is 0 Å². The summed E-state index contributed by atoms with van der Waals surface area (Å²) in [6, 6.07) is 6.23. The second-order valence-electron chi connectivity index (χ2n) is 4.46. The summed E-state index contributed by atoms with van der Waals surface area (Å²) in [6.45, 7) is 2.64. The van der Waals surface area contributed by atoms with Crippen molar-refractivity contribution in [2.45, 2.75) is 13.0 Å². The van der Waals surface area contributed by atoms with Crippen molar-refractivity contribution in [3.05, 3.63) is 29.8 Å². The van der Waals surface area contributed by atoms with Crippen LogP contribution in [0.5, 0.6) is 0 Å². The molecule has 0 spiro atoms. The Hall–Kier alpha value is -1.69. The van der Waals surface area contributed by atoms with E-state index in [1.165, 1.54) is 0 Å². The van der Waals surface area contributed by atoms with Crippen LogP contribution in [0.2, 0.25) is 0 Å². The molecule has 20 heavy (non-hydrogen) atoms. The Labute approximate surface area is 122 Å². The number of amides is 1. The summed E-state index contributed by atoms with van der Waals surface area (Å²) in [7, 11) is 0. The molecule has 1 unspecified atom stereocenters. The molecule has 1 atom stereocenters. The van der Waals surface area contributed by atoms with E-state index >= 15 is 0 Å². The van der Waals surface area contributed by atoms with Crippen molar-refractivity contribution in [2.24, 2.45) is 0 Å². The van der Waals surface area contributed by atoms with Crippen molar-refractivity contribution in [1.82, 2.24) is 4.90 Å². The maximum absolute atomic E-state index is 12.5. The number of carbonyl (C=O) groups excluding carboxylic acids is 2. The molecule has 1 aromatic carbocycles. The molecule has 1 saturated heterocycles. The first-order valence-corrected chi connectivity index (χ1v) is 7.70. The molecular weight excluding hydrogens is 276 g/mol. The third kappa shape index (κ3) is 3.25. The highest BCUT2D eigenvalue weighted by Crippen LogP contribution is 2.20. The van der Waals surface area contributed by atoms with Gasteiger partial charge in [-0.15, -0.1) is 0 Å².